The van der Waals surface area contributed by atoms with Crippen molar-refractivity contribution in [3.63, 3.8) is 0 Å². The lowest BCUT2D eigenvalue weighted by molar-refractivity contribution is -0.334. The van der Waals surface area contributed by atoms with Gasteiger partial charge in [-0.05, 0) is 152 Å². The molecule has 18 atom stereocenters. The van der Waals surface area contributed by atoms with Crippen LogP contribution in [-0.4, -0.2) is 213 Å². The number of ether oxygens (including phenoxy) is 6. The van der Waals surface area contributed by atoms with Gasteiger partial charge in [0.25, 0.3) is 5.91 Å². The van der Waals surface area contributed by atoms with Crippen molar-refractivity contribution in [2.75, 3.05) is 30.9 Å². The molecule has 11 bridgehead atoms. The molecule has 0 spiro atoms. The number of aliphatic hydroxyl groups is 6. The number of hydrogen-bond donors (Lipinski definition) is 21. The number of amides is 9. The monoisotopic (exact) mass is 1860 g/mol. The molecule has 2 aromatic heterocycles. The number of phenolic OH excluding ortho intramolecular Hbond substituents is 3. The van der Waals surface area contributed by atoms with Crippen molar-refractivity contribution in [2.45, 2.75) is 169 Å². The summed E-state index contributed by atoms with van der Waals surface area (Å²) in [5.41, 5.74) is 6.48. The van der Waals surface area contributed by atoms with Crippen LogP contribution >= 0.6 is 46.4 Å². The maximum Gasteiger partial charge on any atom is 0.349 e. The zero-order valence-corrected chi connectivity index (χ0v) is 72.1. The Morgan fingerprint density at radius 3 is 2.01 bits per heavy atom. The second-order valence-electron chi connectivity index (χ2n) is 31.8. The molecule has 44 heteroatoms. The summed E-state index contributed by atoms with van der Waals surface area (Å²) in [6, 6.07) is 10.2. The van der Waals surface area contributed by atoms with E-state index in [1.807, 2.05) is 13.8 Å². The summed E-state index contributed by atoms with van der Waals surface area (Å²) in [7, 11) is 1.47. The van der Waals surface area contributed by atoms with Crippen molar-refractivity contribution in [2.24, 2.45) is 11.7 Å². The first-order valence-corrected chi connectivity index (χ1v) is 41.8. The molecule has 40 nitrogen and oxygen atoms in total. The largest absolute Gasteiger partial charge is 0.508 e. The second-order valence-corrected chi connectivity index (χ2v) is 33.4. The zero-order chi connectivity index (χ0) is 92.9. The van der Waals surface area contributed by atoms with E-state index in [0.29, 0.717) is 10.6 Å². The van der Waals surface area contributed by atoms with Crippen molar-refractivity contribution in [1.82, 2.24) is 62.5 Å². The van der Waals surface area contributed by atoms with Crippen molar-refractivity contribution < 1.29 is 118 Å². The molecule has 0 aliphatic carbocycles. The molecule has 684 valence electrons. The summed E-state index contributed by atoms with van der Waals surface area (Å²) in [5.74, 6) is -16.0. The molecule has 0 radical (unpaired) electrons. The molecule has 15 rings (SSSR count). The maximum absolute atomic E-state index is 16.4. The number of nitrogens with two attached hydrogens (primary N) is 1. The summed E-state index contributed by atoms with van der Waals surface area (Å²) in [6.07, 6.45) is -17.0. The highest BCUT2D eigenvalue weighted by molar-refractivity contribution is 6.42. The van der Waals surface area contributed by atoms with E-state index in [1.165, 1.54) is 67.3 Å². The van der Waals surface area contributed by atoms with Gasteiger partial charge in [-0.2, -0.15) is 4.98 Å². The fourth-order valence-corrected chi connectivity index (χ4v) is 16.2. The van der Waals surface area contributed by atoms with Crippen LogP contribution in [0, 0.1) is 5.92 Å². The lowest BCUT2D eigenvalue weighted by Crippen LogP contribution is -2.65. The van der Waals surface area contributed by atoms with Crippen molar-refractivity contribution in [3.05, 3.63) is 198 Å². The van der Waals surface area contributed by atoms with Crippen LogP contribution in [-0.2, 0) is 70.3 Å². The van der Waals surface area contributed by atoms with Gasteiger partial charge in [0.2, 0.25) is 59.3 Å². The highest BCUT2D eigenvalue weighted by atomic mass is 35.5. The van der Waals surface area contributed by atoms with Crippen LogP contribution in [0.3, 0.4) is 0 Å². The highest BCUT2D eigenvalue weighted by Crippen LogP contribution is 2.50. The first kappa shape index (κ1) is 94.5. The molecule has 7 aliphatic heterocycles. The third kappa shape index (κ3) is 21.6. The quantitative estimate of drug-likeness (QED) is 0.0434. The van der Waals surface area contributed by atoms with Gasteiger partial charge in [0.15, 0.2) is 23.9 Å². The molecule has 6 aromatic carbocycles. The predicted molar refractivity (Wildman–Crippen MR) is 459 cm³/mol. The molecule has 7 aliphatic rings. The zero-order valence-electron chi connectivity index (χ0n) is 69.0. The molecule has 9 amide bonds. The number of likely N-dealkylation sites (N-methyl/N-ethyl adjacent to an activating group) is 1. The number of nitrogens with one attached hydrogen (secondary N) is 11. The molecule has 9 heterocycles. The minimum Gasteiger partial charge on any atom is -0.508 e. The van der Waals surface area contributed by atoms with Gasteiger partial charge in [0.1, 0.15) is 107 Å². The summed E-state index contributed by atoms with van der Waals surface area (Å²) in [4.78, 5) is 155. The molecule has 0 saturated carbocycles. The molecule has 2 saturated heterocycles. The summed E-state index contributed by atoms with van der Waals surface area (Å²) in [5, 5.41) is 131. The average molecular weight is 1860 g/mol. The van der Waals surface area contributed by atoms with Gasteiger partial charge in [0, 0.05) is 54.6 Å². The molecule has 18 unspecified atom stereocenters. The number of hydrogen-bond acceptors (Lipinski definition) is 30. The number of nitrogens with zero attached hydrogens (tertiary/aromatic N) is 3. The van der Waals surface area contributed by atoms with E-state index < -0.39 is 254 Å². The van der Waals surface area contributed by atoms with Crippen molar-refractivity contribution in [3.8, 4) is 57.1 Å². The number of rotatable bonds is 22. The van der Waals surface area contributed by atoms with Crippen LogP contribution in [0.5, 0.6) is 46.0 Å². The summed E-state index contributed by atoms with van der Waals surface area (Å²) >= 11 is 26.6. The van der Waals surface area contributed by atoms with Crippen LogP contribution in [0.1, 0.15) is 111 Å². The summed E-state index contributed by atoms with van der Waals surface area (Å²) < 4.78 is 40.7. The molecule has 8 aromatic rings. The van der Waals surface area contributed by atoms with E-state index in [2.05, 4.69) is 68.7 Å². The van der Waals surface area contributed by atoms with Gasteiger partial charge in [-0.1, -0.05) is 90.6 Å². The minimum atomic E-state index is -2.40. The van der Waals surface area contributed by atoms with Crippen LogP contribution in [0.15, 0.2) is 139 Å². The molecule has 129 heavy (non-hydrogen) atoms. The predicted octanol–water partition coefficient (Wildman–Crippen LogP) is 2.94. The van der Waals surface area contributed by atoms with E-state index in [0.717, 1.165) is 66.7 Å². The van der Waals surface area contributed by atoms with Gasteiger partial charge in [-0.25, -0.2) is 9.78 Å². The van der Waals surface area contributed by atoms with Gasteiger partial charge in [-0.15, -0.1) is 0 Å². The van der Waals surface area contributed by atoms with Crippen LogP contribution in [0.2, 0.25) is 20.1 Å². The number of halogens is 4. The Labute approximate surface area is 753 Å². The Kier molecular flexibility index (Phi) is 29.5. The van der Waals surface area contributed by atoms with E-state index in [-0.39, 0.29) is 77.4 Å². The highest BCUT2D eigenvalue weighted by Gasteiger charge is 2.52. The number of carbonyl (C=O) groups excluding carboxylic acids is 9. The fourth-order valence-electron chi connectivity index (χ4n) is 15.4. The number of phenols is 3. The summed E-state index contributed by atoms with van der Waals surface area (Å²) in [6.45, 7) is 5.58. The van der Waals surface area contributed by atoms with E-state index in [4.69, 9.17) is 80.6 Å². The molecule has 2 fully saturated rings. The maximum atomic E-state index is 16.4. The van der Waals surface area contributed by atoms with E-state index in [1.54, 1.807) is 25.1 Å². The SMILES string of the molecule is CNC(CC(C)C)C(=O)NC1C(=O)NC(CC(N)=O)C(=O)NC2C(=O)NC3C(=O)NC(C(=O)NC(C(=O)NNc4ccccn4)c4cc(O)cc(O)c4-c4cc3ccc4O)C(O)c3ccc(c(Cl)c3)Oc3cc2cc(c3OC2OC(CO)C(O)C(O)C2OC2CC(C)(NCCn3ccc(NC(=O)Cc4ccc(Cl)c(Cl)c4)nc3=O)C(O)C(C)O2)Oc2ccc(cc2Cl)C1O. The second kappa shape index (κ2) is 40.3. The van der Waals surface area contributed by atoms with Crippen LogP contribution in [0.4, 0.5) is 11.6 Å². The van der Waals surface area contributed by atoms with E-state index in [9.17, 15) is 69.9 Å². The Hall–Kier alpha value is -12.1. The number of aromatic hydroxyl groups is 3. The fraction of sp³-hybridized carbons (Fsp3) is 0.365. The van der Waals surface area contributed by atoms with Gasteiger partial charge >= 0.3 is 5.69 Å². The van der Waals surface area contributed by atoms with Gasteiger partial charge in [0.05, 0.1) is 57.8 Å². The number of aromatic nitrogens is 3. The lowest BCUT2D eigenvalue weighted by atomic mass is 9.85. The smallest absolute Gasteiger partial charge is 0.349 e. The number of aliphatic hydroxyl groups excluding tert-OH is 6. The van der Waals surface area contributed by atoms with Gasteiger partial charge in [-0.3, -0.25) is 58.6 Å². The number of pyridine rings is 1. The third-order valence-corrected chi connectivity index (χ3v) is 23.4. The first-order chi connectivity index (χ1) is 61.3. The number of anilines is 2. The normalized spacial score (nSPS) is 25.4. The van der Waals surface area contributed by atoms with Crippen molar-refractivity contribution in [1.29, 1.82) is 0 Å². The van der Waals surface area contributed by atoms with E-state index >= 15 is 24.0 Å². The third-order valence-electron chi connectivity index (χ3n) is 22.1. The number of hydrazine groups is 1. The molecular weight excluding hydrogens is 1770 g/mol. The number of primary amides is 1. The first-order valence-electron chi connectivity index (χ1n) is 40.3. The average Bonchev–Trinajstić information content (AvgIpc) is 0.764. The molecule has 22 N–H and O–H groups in total. The van der Waals surface area contributed by atoms with Crippen molar-refractivity contribution >= 4 is 111 Å². The Bertz CT molecular complexity index is 5690. The Balaban J connectivity index is 0.942. The Morgan fingerprint density at radius 2 is 1.36 bits per heavy atom. The minimum absolute atomic E-state index is 0.0423. The number of carbonyl (C=O) groups is 9. The topological polar surface area (TPSA) is 597 Å². The lowest BCUT2D eigenvalue weighted by Gasteiger charge is -2.48. The van der Waals surface area contributed by atoms with Crippen LogP contribution in [0.25, 0.3) is 11.1 Å². The number of benzene rings is 6. The standard InChI is InChI=1S/C85H91Cl4N15O25/c1-35(2)22-49(91-5)76(116)100-67-69(111)39-11-15-53(47(88)26-39)125-55-28-41-29-56(73(55)129-83-74(72(114)71(113)57(34-105)127-83)128-62-33-85(4,75(115)36(3)124-62)93-19-21-104-20-17-60(96-84(104)123)95-61(110)24-37-9-13-45(86)46(87)23-37)126-54-16-12-40(27-48(54)89)70(112)68-81(121)99-66(82(122)103-102-59-8-6-7-18-92-59)44-30-42(106)31-52(108)63(44)43-25-38(10-14-51(43)107)64(78(118)101-68)98-79(119)65(41)97-77(117)50(32-58(90)109)94-80(67)120/h6-18,20,23,25-31,35-36,49-50,57,62,64-72,74-75,83,91,93,105-108,111-115H,19,21-22,24,32-34H2,1-5H3,(H2,90,109)(H,92,102)(H,94,120)(H,97,117)(H,98,119)(H,99,121)(H,100,116)(H,101,118)(H,103,122)(H,95,96,110,123). The van der Waals surface area contributed by atoms with Gasteiger partial charge < -0.3 is 128 Å². The molecular formula is C85H91Cl4N15O25. The Morgan fingerprint density at radius 1 is 0.690 bits per heavy atom. The van der Waals surface area contributed by atoms with Crippen LogP contribution < -0.4 is 84.3 Å². The number of fused-ring (bicyclic) bond motifs is 15.